The van der Waals surface area contributed by atoms with Gasteiger partial charge in [-0.15, -0.1) is 0 Å². The molecule has 1 fully saturated rings. The second-order valence-electron chi connectivity index (χ2n) is 7.23. The van der Waals surface area contributed by atoms with Crippen molar-refractivity contribution >= 4 is 11.4 Å². The Morgan fingerprint density at radius 2 is 1.84 bits per heavy atom. The molecule has 1 amide bonds. The van der Waals surface area contributed by atoms with Crippen molar-refractivity contribution in [1.82, 2.24) is 34.6 Å². The minimum absolute atomic E-state index is 0.145. The lowest BCUT2D eigenvalue weighted by Crippen LogP contribution is -2.47. The Kier molecular flexibility index (Phi) is 6.08. The van der Waals surface area contributed by atoms with Gasteiger partial charge in [-0.2, -0.15) is 10.2 Å². The highest BCUT2D eigenvalue weighted by molar-refractivity contribution is 5.80. The summed E-state index contributed by atoms with van der Waals surface area (Å²) in [4.78, 5) is 18.8. The number of nitrogens with zero attached hydrogens (tertiary/aromatic N) is 6. The molecular weight excluding hydrogens is 390 g/mol. The number of piperazine rings is 1. The Hall–Kier alpha value is -3.52. The summed E-state index contributed by atoms with van der Waals surface area (Å²) in [5.74, 6) is 0.145. The van der Waals surface area contributed by atoms with E-state index in [9.17, 15) is 4.79 Å². The summed E-state index contributed by atoms with van der Waals surface area (Å²) in [6, 6.07) is 10.2. The molecule has 1 aromatic carbocycles. The third-order valence-electron chi connectivity index (χ3n) is 5.18. The number of fused-ring (bicyclic) bond motifs is 1. The molecule has 8 heteroatoms. The van der Waals surface area contributed by atoms with Crippen LogP contribution in [-0.4, -0.2) is 54.8 Å². The third kappa shape index (κ3) is 4.34. The zero-order chi connectivity index (χ0) is 21.8. The summed E-state index contributed by atoms with van der Waals surface area (Å²) in [6.45, 7) is 6.63. The number of amides is 1. The molecule has 0 atom stereocenters. The van der Waals surface area contributed by atoms with Crippen molar-refractivity contribution in [3.05, 3.63) is 60.7 Å². The average Bonchev–Trinajstić information content (AvgIpc) is 3.45. The molecule has 31 heavy (non-hydrogen) atoms. The summed E-state index contributed by atoms with van der Waals surface area (Å²) in [7, 11) is 1.89. The number of rotatable bonds is 4. The number of aromatic nitrogens is 5. The Bertz CT molecular complexity index is 1180. The molecule has 0 unspecified atom stereocenters. The molecule has 0 spiro atoms. The van der Waals surface area contributed by atoms with E-state index in [-0.39, 0.29) is 5.91 Å². The highest BCUT2D eigenvalue weighted by Gasteiger charge is 2.18. The molecule has 0 radical (unpaired) electrons. The third-order valence-corrected chi connectivity index (χ3v) is 5.18. The molecule has 0 aliphatic carbocycles. The Labute approximate surface area is 181 Å². The SMILES string of the molecule is CC.Cn1cc(-c2cn3nccc3c(-c3ccc(CN4CCNCC4=O)cc3)n2)cn1. The van der Waals surface area contributed by atoms with Gasteiger partial charge in [0.25, 0.3) is 0 Å². The van der Waals surface area contributed by atoms with Gasteiger partial charge in [0, 0.05) is 44.0 Å². The van der Waals surface area contributed by atoms with Crippen LogP contribution in [0.4, 0.5) is 0 Å². The number of aryl methyl sites for hydroxylation is 1. The van der Waals surface area contributed by atoms with E-state index in [0.717, 1.165) is 46.7 Å². The Morgan fingerprint density at radius 1 is 1.03 bits per heavy atom. The molecule has 8 nitrogen and oxygen atoms in total. The standard InChI is InChI=1S/C21H21N7O.C2H6/c1-26-13-17(10-24-26)18-14-28-19(6-7-23-28)21(25-18)16-4-2-15(3-5-16)12-27-9-8-22-11-20(27)29;1-2/h2-7,10,13-14,22H,8-9,11-12H2,1H3;1-2H3. The minimum Gasteiger partial charge on any atom is -0.336 e. The summed E-state index contributed by atoms with van der Waals surface area (Å²) in [6.07, 6.45) is 7.43. The number of hydrogen-bond donors (Lipinski definition) is 1. The van der Waals surface area contributed by atoms with Crippen molar-refractivity contribution in [3.63, 3.8) is 0 Å². The lowest BCUT2D eigenvalue weighted by molar-refractivity contribution is -0.132. The van der Waals surface area contributed by atoms with Gasteiger partial charge >= 0.3 is 0 Å². The fourth-order valence-electron chi connectivity index (χ4n) is 3.63. The number of carbonyl (C=O) groups excluding carboxylic acids is 1. The molecule has 0 saturated carbocycles. The normalized spacial score (nSPS) is 13.9. The van der Waals surface area contributed by atoms with E-state index < -0.39 is 0 Å². The van der Waals surface area contributed by atoms with Crippen LogP contribution >= 0.6 is 0 Å². The second kappa shape index (κ2) is 9.09. The molecule has 160 valence electrons. The number of hydrogen-bond acceptors (Lipinski definition) is 5. The molecule has 4 aromatic rings. The summed E-state index contributed by atoms with van der Waals surface area (Å²) >= 11 is 0. The molecule has 1 aliphatic rings. The van der Waals surface area contributed by atoms with Crippen LogP contribution in [0, 0.1) is 0 Å². The van der Waals surface area contributed by atoms with Crippen molar-refractivity contribution < 1.29 is 4.79 Å². The predicted molar refractivity (Wildman–Crippen MR) is 120 cm³/mol. The first-order chi connectivity index (χ1) is 15.2. The van der Waals surface area contributed by atoms with Crippen LogP contribution in [0.5, 0.6) is 0 Å². The minimum atomic E-state index is 0.145. The quantitative estimate of drug-likeness (QED) is 0.552. The molecular formula is C23H27N7O. The van der Waals surface area contributed by atoms with E-state index in [0.29, 0.717) is 13.1 Å². The highest BCUT2D eigenvalue weighted by Crippen LogP contribution is 2.27. The Morgan fingerprint density at radius 3 is 2.55 bits per heavy atom. The lowest BCUT2D eigenvalue weighted by Gasteiger charge is -2.27. The van der Waals surface area contributed by atoms with Crippen molar-refractivity contribution in [3.8, 4) is 22.5 Å². The molecule has 1 aliphatic heterocycles. The number of carbonyl (C=O) groups is 1. The van der Waals surface area contributed by atoms with Gasteiger partial charge < -0.3 is 10.2 Å². The summed E-state index contributed by atoms with van der Waals surface area (Å²) in [5, 5.41) is 11.7. The first-order valence-electron chi connectivity index (χ1n) is 10.6. The van der Waals surface area contributed by atoms with Gasteiger partial charge in [-0.3, -0.25) is 9.48 Å². The predicted octanol–water partition coefficient (Wildman–Crippen LogP) is 2.75. The molecule has 5 rings (SSSR count). The van der Waals surface area contributed by atoms with Gasteiger partial charge in [0.15, 0.2) is 0 Å². The highest BCUT2D eigenvalue weighted by atomic mass is 16.2. The first kappa shape index (κ1) is 20.7. The van der Waals surface area contributed by atoms with Crippen LogP contribution in [0.15, 0.2) is 55.1 Å². The van der Waals surface area contributed by atoms with E-state index in [1.807, 2.05) is 48.8 Å². The van der Waals surface area contributed by atoms with Crippen molar-refractivity contribution in [2.75, 3.05) is 19.6 Å². The van der Waals surface area contributed by atoms with Gasteiger partial charge in [-0.25, -0.2) is 9.50 Å². The molecule has 1 N–H and O–H groups in total. The lowest BCUT2D eigenvalue weighted by atomic mass is 10.1. The summed E-state index contributed by atoms with van der Waals surface area (Å²) < 4.78 is 3.61. The largest absolute Gasteiger partial charge is 0.336 e. The van der Waals surface area contributed by atoms with E-state index >= 15 is 0 Å². The van der Waals surface area contributed by atoms with Gasteiger partial charge in [-0.1, -0.05) is 38.1 Å². The molecule has 1 saturated heterocycles. The van der Waals surface area contributed by atoms with Crippen LogP contribution in [0.3, 0.4) is 0 Å². The first-order valence-corrected chi connectivity index (χ1v) is 10.6. The fourth-order valence-corrected chi connectivity index (χ4v) is 3.63. The van der Waals surface area contributed by atoms with E-state index in [1.165, 1.54) is 0 Å². The molecule has 4 heterocycles. The maximum atomic E-state index is 12.0. The van der Waals surface area contributed by atoms with Gasteiger partial charge in [0.1, 0.15) is 0 Å². The zero-order valence-electron chi connectivity index (χ0n) is 18.1. The smallest absolute Gasteiger partial charge is 0.236 e. The van der Waals surface area contributed by atoms with Crippen LogP contribution in [0.2, 0.25) is 0 Å². The van der Waals surface area contributed by atoms with Crippen molar-refractivity contribution in [1.29, 1.82) is 0 Å². The topological polar surface area (TPSA) is 80.4 Å². The Balaban J connectivity index is 0.00000112. The van der Waals surface area contributed by atoms with Crippen LogP contribution < -0.4 is 5.32 Å². The average molecular weight is 418 g/mol. The van der Waals surface area contributed by atoms with E-state index in [1.54, 1.807) is 17.1 Å². The van der Waals surface area contributed by atoms with E-state index in [4.69, 9.17) is 4.98 Å². The number of benzene rings is 1. The van der Waals surface area contributed by atoms with E-state index in [2.05, 4.69) is 39.8 Å². The monoisotopic (exact) mass is 417 g/mol. The van der Waals surface area contributed by atoms with Crippen LogP contribution in [-0.2, 0) is 18.4 Å². The fraction of sp³-hybridized carbons (Fsp3) is 0.304. The maximum absolute atomic E-state index is 12.0. The maximum Gasteiger partial charge on any atom is 0.236 e. The summed E-state index contributed by atoms with van der Waals surface area (Å²) in [5.41, 5.74) is 5.70. The van der Waals surface area contributed by atoms with Crippen LogP contribution in [0.1, 0.15) is 19.4 Å². The van der Waals surface area contributed by atoms with Crippen LogP contribution in [0.25, 0.3) is 28.0 Å². The van der Waals surface area contributed by atoms with Gasteiger partial charge in [-0.05, 0) is 11.6 Å². The van der Waals surface area contributed by atoms with Crippen molar-refractivity contribution in [2.24, 2.45) is 7.05 Å². The second-order valence-corrected chi connectivity index (χ2v) is 7.23. The molecule has 0 bridgehead atoms. The van der Waals surface area contributed by atoms with Gasteiger partial charge in [0.2, 0.25) is 5.91 Å². The van der Waals surface area contributed by atoms with Gasteiger partial charge in [0.05, 0.1) is 42.0 Å². The molecule has 3 aromatic heterocycles. The van der Waals surface area contributed by atoms with Crippen molar-refractivity contribution in [2.45, 2.75) is 20.4 Å². The number of nitrogens with one attached hydrogen (secondary N) is 1. The zero-order valence-corrected chi connectivity index (χ0v) is 18.1.